The minimum Gasteiger partial charge on any atom is -0.493 e. The molecule has 27 heavy (non-hydrogen) atoms. The Hall–Kier alpha value is -2.04. The summed E-state index contributed by atoms with van der Waals surface area (Å²) < 4.78 is 10.6. The Kier molecular flexibility index (Phi) is 4.24. The van der Waals surface area contributed by atoms with Gasteiger partial charge >= 0.3 is 0 Å². The van der Waals surface area contributed by atoms with Crippen molar-refractivity contribution in [3.8, 4) is 11.5 Å². The second kappa shape index (κ2) is 6.25. The lowest BCUT2D eigenvalue weighted by Crippen LogP contribution is -2.59. The number of amides is 1. The normalized spacial score (nSPS) is 36.8. The molecule has 0 saturated heterocycles. The molecule has 4 saturated carbocycles. The molecule has 0 spiro atoms. The lowest BCUT2D eigenvalue weighted by atomic mass is 9.40. The van der Waals surface area contributed by atoms with Crippen LogP contribution in [0.15, 0.2) is 23.3 Å². The zero-order valence-corrected chi connectivity index (χ0v) is 16.8. The fourth-order valence-electron chi connectivity index (χ4n) is 6.92. The van der Waals surface area contributed by atoms with Crippen LogP contribution in [0.3, 0.4) is 0 Å². The highest BCUT2D eigenvalue weighted by atomic mass is 16.5. The molecule has 5 heteroatoms. The van der Waals surface area contributed by atoms with Gasteiger partial charge in [0.05, 0.1) is 25.8 Å². The predicted octanol–water partition coefficient (Wildman–Crippen LogP) is 4.15. The quantitative estimate of drug-likeness (QED) is 0.626. The van der Waals surface area contributed by atoms with E-state index in [9.17, 15) is 4.79 Å². The molecule has 1 N–H and O–H groups in total. The third-order valence-electron chi connectivity index (χ3n) is 6.90. The Bertz CT molecular complexity index is 770. The van der Waals surface area contributed by atoms with Crippen LogP contribution < -0.4 is 14.9 Å². The molecule has 0 aromatic heterocycles. The molecule has 1 aromatic rings. The molecule has 4 bridgehead atoms. The van der Waals surface area contributed by atoms with Crippen LogP contribution in [0, 0.1) is 22.2 Å². The van der Waals surface area contributed by atoms with Gasteiger partial charge in [-0.05, 0) is 79.0 Å². The SMILES string of the molecule is COc1ccc(/C=N/NC(=O)C23CC4CC(C)(CC(C)(C4)C2)C3)cc1OC. The van der Waals surface area contributed by atoms with Crippen molar-refractivity contribution in [2.75, 3.05) is 14.2 Å². The number of nitrogens with zero attached hydrogens (tertiary/aromatic N) is 1. The predicted molar refractivity (Wildman–Crippen MR) is 105 cm³/mol. The van der Waals surface area contributed by atoms with Crippen molar-refractivity contribution in [3.05, 3.63) is 23.8 Å². The Morgan fingerprint density at radius 3 is 2.33 bits per heavy atom. The van der Waals surface area contributed by atoms with E-state index in [1.165, 1.54) is 19.3 Å². The molecule has 0 aliphatic heterocycles. The van der Waals surface area contributed by atoms with Crippen LogP contribution in [0.2, 0.25) is 0 Å². The van der Waals surface area contributed by atoms with Gasteiger partial charge in [0.1, 0.15) is 0 Å². The maximum absolute atomic E-state index is 13.1. The zero-order valence-electron chi connectivity index (χ0n) is 16.8. The average Bonchev–Trinajstić information content (AvgIpc) is 2.58. The van der Waals surface area contributed by atoms with Gasteiger partial charge in [-0.2, -0.15) is 5.10 Å². The summed E-state index contributed by atoms with van der Waals surface area (Å²) in [4.78, 5) is 13.1. The van der Waals surface area contributed by atoms with E-state index in [4.69, 9.17) is 9.47 Å². The number of nitrogens with one attached hydrogen (secondary N) is 1. The Morgan fingerprint density at radius 2 is 1.74 bits per heavy atom. The van der Waals surface area contributed by atoms with Gasteiger partial charge in [-0.3, -0.25) is 4.79 Å². The van der Waals surface area contributed by atoms with E-state index in [0.717, 1.165) is 24.8 Å². The van der Waals surface area contributed by atoms with Crippen molar-refractivity contribution in [2.24, 2.45) is 27.3 Å². The first-order valence-corrected chi connectivity index (χ1v) is 9.84. The second-order valence-electron chi connectivity index (χ2n) is 9.72. The molecule has 2 unspecified atom stereocenters. The van der Waals surface area contributed by atoms with E-state index in [0.29, 0.717) is 28.2 Å². The summed E-state index contributed by atoms with van der Waals surface area (Å²) >= 11 is 0. The summed E-state index contributed by atoms with van der Waals surface area (Å²) in [7, 11) is 3.22. The molecule has 4 aliphatic carbocycles. The third-order valence-corrected chi connectivity index (χ3v) is 6.90. The van der Waals surface area contributed by atoms with E-state index >= 15 is 0 Å². The van der Waals surface area contributed by atoms with E-state index in [2.05, 4.69) is 24.4 Å². The summed E-state index contributed by atoms with van der Waals surface area (Å²) in [6.45, 7) is 4.76. The Labute approximate surface area is 161 Å². The first-order valence-electron chi connectivity index (χ1n) is 9.84. The molecule has 4 aliphatic rings. The topological polar surface area (TPSA) is 59.9 Å². The Morgan fingerprint density at radius 1 is 1.07 bits per heavy atom. The minimum absolute atomic E-state index is 0.0979. The molecular weight excluding hydrogens is 340 g/mol. The van der Waals surface area contributed by atoms with E-state index in [1.54, 1.807) is 20.4 Å². The standard InChI is InChI=1S/C22H30N2O3/c1-20-8-16-9-21(2,12-20)14-22(10-16,13-20)19(25)24-23-11-15-5-6-17(26-3)18(7-15)27-4/h5-7,11,16H,8-10,12-14H2,1-4H3,(H,24,25)/b23-11+. The number of hydrogen-bond acceptors (Lipinski definition) is 4. The van der Waals surface area contributed by atoms with Crippen LogP contribution in [-0.2, 0) is 4.79 Å². The number of carbonyl (C=O) groups excluding carboxylic acids is 1. The number of ether oxygens (including phenoxy) is 2. The summed E-state index contributed by atoms with van der Waals surface area (Å²) in [6.07, 6.45) is 8.53. The molecule has 1 amide bonds. The van der Waals surface area contributed by atoms with Gasteiger partial charge < -0.3 is 9.47 Å². The maximum atomic E-state index is 13.1. The summed E-state index contributed by atoms with van der Waals surface area (Å²) in [5, 5.41) is 4.25. The highest BCUT2D eigenvalue weighted by Gasteiger charge is 2.62. The van der Waals surface area contributed by atoms with Crippen molar-refractivity contribution in [2.45, 2.75) is 52.4 Å². The van der Waals surface area contributed by atoms with Gasteiger partial charge in [-0.15, -0.1) is 0 Å². The molecule has 146 valence electrons. The van der Waals surface area contributed by atoms with Crippen LogP contribution in [0.1, 0.15) is 57.9 Å². The molecule has 0 heterocycles. The first-order chi connectivity index (χ1) is 12.8. The molecule has 1 aromatic carbocycles. The van der Waals surface area contributed by atoms with Gasteiger partial charge in [0.2, 0.25) is 5.91 Å². The fraction of sp³-hybridized carbons (Fsp3) is 0.636. The molecule has 0 radical (unpaired) electrons. The molecule has 5 rings (SSSR count). The largest absolute Gasteiger partial charge is 0.493 e. The highest BCUT2D eigenvalue weighted by molar-refractivity contribution is 5.86. The summed E-state index contributed by atoms with van der Waals surface area (Å²) in [5.41, 5.74) is 4.10. The smallest absolute Gasteiger partial charge is 0.246 e. The van der Waals surface area contributed by atoms with Crippen molar-refractivity contribution in [1.29, 1.82) is 0 Å². The van der Waals surface area contributed by atoms with E-state index in [-0.39, 0.29) is 11.3 Å². The van der Waals surface area contributed by atoms with E-state index < -0.39 is 0 Å². The van der Waals surface area contributed by atoms with Gasteiger partial charge in [-0.25, -0.2) is 5.43 Å². The van der Waals surface area contributed by atoms with Gasteiger partial charge in [-0.1, -0.05) is 13.8 Å². The number of benzene rings is 1. The molecule has 4 fully saturated rings. The lowest BCUT2D eigenvalue weighted by Gasteiger charge is -2.64. The number of hydrogen-bond donors (Lipinski definition) is 1. The van der Waals surface area contributed by atoms with Crippen LogP contribution in [-0.4, -0.2) is 26.3 Å². The summed E-state index contributed by atoms with van der Waals surface area (Å²) in [6, 6.07) is 5.58. The van der Waals surface area contributed by atoms with E-state index in [1.807, 2.05) is 18.2 Å². The minimum atomic E-state index is -0.238. The van der Waals surface area contributed by atoms with Crippen LogP contribution >= 0.6 is 0 Å². The average molecular weight is 370 g/mol. The van der Waals surface area contributed by atoms with Crippen molar-refractivity contribution >= 4 is 12.1 Å². The van der Waals surface area contributed by atoms with Crippen LogP contribution in [0.25, 0.3) is 0 Å². The number of hydrazone groups is 1. The highest BCUT2D eigenvalue weighted by Crippen LogP contribution is 2.69. The molecular formula is C22H30N2O3. The first kappa shape index (κ1) is 18.3. The van der Waals surface area contributed by atoms with Crippen molar-refractivity contribution < 1.29 is 14.3 Å². The number of carbonyl (C=O) groups is 1. The van der Waals surface area contributed by atoms with Gasteiger partial charge in [0.25, 0.3) is 0 Å². The van der Waals surface area contributed by atoms with Crippen LogP contribution in [0.5, 0.6) is 11.5 Å². The van der Waals surface area contributed by atoms with Crippen LogP contribution in [0.4, 0.5) is 0 Å². The zero-order chi connectivity index (χ0) is 19.3. The number of rotatable bonds is 5. The molecule has 2 atom stereocenters. The summed E-state index contributed by atoms with van der Waals surface area (Å²) in [5.74, 6) is 2.11. The Balaban J connectivity index is 1.48. The third kappa shape index (κ3) is 3.21. The lowest BCUT2D eigenvalue weighted by molar-refractivity contribution is -0.170. The molecule has 5 nitrogen and oxygen atoms in total. The second-order valence-corrected chi connectivity index (χ2v) is 9.72. The van der Waals surface area contributed by atoms with Gasteiger partial charge in [0.15, 0.2) is 11.5 Å². The monoisotopic (exact) mass is 370 g/mol. The fourth-order valence-corrected chi connectivity index (χ4v) is 6.92. The van der Waals surface area contributed by atoms with Crippen molar-refractivity contribution in [1.82, 2.24) is 5.43 Å². The van der Waals surface area contributed by atoms with Gasteiger partial charge in [0, 0.05) is 0 Å². The maximum Gasteiger partial charge on any atom is 0.246 e. The van der Waals surface area contributed by atoms with Crippen molar-refractivity contribution in [3.63, 3.8) is 0 Å². The number of methoxy groups -OCH3 is 2.